The summed E-state index contributed by atoms with van der Waals surface area (Å²) in [5.41, 5.74) is -1.68. The number of nitrogens with zero attached hydrogens (tertiary/aromatic N) is 1. The third-order valence-electron chi connectivity index (χ3n) is 6.37. The third-order valence-corrected chi connectivity index (χ3v) is 6.37. The SMILES string of the molecule is CC.COc1cc(C)ccc1OCC(C)O.O=CNCC(O)(c1cc(C2CNC2)cc(-c2ccc(F)cc2)n1)C(F)(F)F. The van der Waals surface area contributed by atoms with E-state index in [1.165, 1.54) is 30.3 Å². The number of alkyl halides is 3. The van der Waals surface area contributed by atoms with Gasteiger partial charge in [-0.1, -0.05) is 19.9 Å². The molecule has 12 heteroatoms. The highest BCUT2D eigenvalue weighted by Gasteiger charge is 2.56. The number of hydrogen-bond donors (Lipinski definition) is 4. The minimum atomic E-state index is -5.06. The van der Waals surface area contributed by atoms with Crippen molar-refractivity contribution in [1.82, 2.24) is 15.6 Å². The molecule has 2 atom stereocenters. The van der Waals surface area contributed by atoms with E-state index in [0.717, 1.165) is 5.56 Å². The fraction of sp³-hybridized carbons (Fsp3) is 0.419. The minimum absolute atomic E-state index is 0.0255. The quantitative estimate of drug-likeness (QED) is 0.192. The fourth-order valence-corrected chi connectivity index (χ4v) is 3.92. The summed E-state index contributed by atoms with van der Waals surface area (Å²) in [5, 5.41) is 24.4. The van der Waals surface area contributed by atoms with Gasteiger partial charge in [0.05, 0.1) is 31.1 Å². The van der Waals surface area contributed by atoms with Gasteiger partial charge in [0, 0.05) is 24.6 Å². The molecule has 2 unspecified atom stereocenters. The summed E-state index contributed by atoms with van der Waals surface area (Å²) in [4.78, 5) is 14.5. The average molecular weight is 610 g/mol. The lowest BCUT2D eigenvalue weighted by Gasteiger charge is -2.32. The molecule has 0 spiro atoms. The first-order chi connectivity index (χ1) is 20.4. The Hall–Kier alpha value is -3.74. The minimum Gasteiger partial charge on any atom is -0.493 e. The molecule has 1 amide bonds. The molecule has 1 aliphatic rings. The first-order valence-corrected chi connectivity index (χ1v) is 13.8. The molecule has 1 fully saturated rings. The number of benzene rings is 2. The lowest BCUT2D eigenvalue weighted by Crippen LogP contribution is -2.50. The summed E-state index contributed by atoms with van der Waals surface area (Å²) in [6, 6.07) is 13.7. The molecule has 0 radical (unpaired) electrons. The molecule has 4 rings (SSSR count). The van der Waals surface area contributed by atoms with Gasteiger partial charge in [0.2, 0.25) is 12.0 Å². The van der Waals surface area contributed by atoms with Gasteiger partial charge >= 0.3 is 6.18 Å². The molecule has 2 aromatic carbocycles. The van der Waals surface area contributed by atoms with Crippen LogP contribution in [0, 0.1) is 12.7 Å². The van der Waals surface area contributed by atoms with E-state index in [1.807, 2.05) is 44.3 Å². The van der Waals surface area contributed by atoms with Gasteiger partial charge in [0.15, 0.2) is 11.5 Å². The van der Waals surface area contributed by atoms with Crippen LogP contribution in [0.3, 0.4) is 0 Å². The molecule has 0 saturated carbocycles. The van der Waals surface area contributed by atoms with Crippen LogP contribution in [0.25, 0.3) is 11.3 Å². The van der Waals surface area contributed by atoms with Gasteiger partial charge in [0.25, 0.3) is 0 Å². The van der Waals surface area contributed by atoms with Gasteiger partial charge in [-0.15, -0.1) is 0 Å². The molecular formula is C31H39F4N3O5. The summed E-state index contributed by atoms with van der Waals surface area (Å²) in [6.07, 6.45) is -5.45. The summed E-state index contributed by atoms with van der Waals surface area (Å²) >= 11 is 0. The number of pyridine rings is 1. The first-order valence-electron chi connectivity index (χ1n) is 13.8. The first kappa shape index (κ1) is 35.5. The smallest absolute Gasteiger partial charge is 0.424 e. The number of aryl methyl sites for hydroxylation is 1. The lowest BCUT2D eigenvalue weighted by molar-refractivity contribution is -0.265. The van der Waals surface area contributed by atoms with E-state index < -0.39 is 35.9 Å². The van der Waals surface area contributed by atoms with Crippen molar-refractivity contribution in [2.75, 3.05) is 33.4 Å². The predicted octanol–water partition coefficient (Wildman–Crippen LogP) is 4.86. The molecule has 2 heterocycles. The van der Waals surface area contributed by atoms with Crippen LogP contribution in [-0.4, -0.2) is 67.2 Å². The van der Waals surface area contributed by atoms with Crippen LogP contribution >= 0.6 is 0 Å². The molecule has 236 valence electrons. The van der Waals surface area contributed by atoms with Crippen molar-refractivity contribution in [1.29, 1.82) is 0 Å². The lowest BCUT2D eigenvalue weighted by atomic mass is 9.89. The number of aromatic nitrogens is 1. The Balaban J connectivity index is 0.000000340. The number of aliphatic hydroxyl groups excluding tert-OH is 1. The second-order valence-electron chi connectivity index (χ2n) is 9.70. The Kier molecular flexibility index (Phi) is 13.4. The topological polar surface area (TPSA) is 113 Å². The zero-order valence-corrected chi connectivity index (χ0v) is 24.8. The van der Waals surface area contributed by atoms with Gasteiger partial charge in [-0.05, 0) is 73.5 Å². The van der Waals surface area contributed by atoms with E-state index in [4.69, 9.17) is 14.6 Å². The van der Waals surface area contributed by atoms with Gasteiger partial charge in [-0.25, -0.2) is 9.37 Å². The number of halogens is 4. The Morgan fingerprint density at radius 1 is 1.09 bits per heavy atom. The van der Waals surface area contributed by atoms with Crippen LogP contribution in [0.1, 0.15) is 43.5 Å². The molecule has 0 aliphatic carbocycles. The summed E-state index contributed by atoms with van der Waals surface area (Å²) < 4.78 is 64.6. The fourth-order valence-electron chi connectivity index (χ4n) is 3.92. The molecule has 8 nitrogen and oxygen atoms in total. The highest BCUT2D eigenvalue weighted by molar-refractivity contribution is 5.61. The molecule has 1 saturated heterocycles. The number of methoxy groups -OCH3 is 1. The molecule has 3 aromatic rings. The molecular weight excluding hydrogens is 570 g/mol. The molecule has 43 heavy (non-hydrogen) atoms. The van der Waals surface area contributed by atoms with Crippen molar-refractivity contribution in [3.63, 3.8) is 0 Å². The van der Waals surface area contributed by atoms with Gasteiger partial charge < -0.3 is 30.3 Å². The summed E-state index contributed by atoms with van der Waals surface area (Å²) in [6.45, 7) is 8.05. The van der Waals surface area contributed by atoms with Crippen molar-refractivity contribution in [3.05, 3.63) is 77.2 Å². The number of carbonyl (C=O) groups excluding carboxylic acids is 1. The van der Waals surface area contributed by atoms with E-state index in [2.05, 4.69) is 10.3 Å². The Morgan fingerprint density at radius 3 is 2.26 bits per heavy atom. The highest BCUT2D eigenvalue weighted by Crippen LogP contribution is 2.40. The van der Waals surface area contributed by atoms with Crippen LogP contribution in [-0.2, 0) is 10.4 Å². The van der Waals surface area contributed by atoms with E-state index in [1.54, 1.807) is 20.1 Å². The molecule has 4 N–H and O–H groups in total. The second kappa shape index (κ2) is 16.2. The van der Waals surface area contributed by atoms with Crippen molar-refractivity contribution in [2.45, 2.75) is 51.5 Å². The number of hydrogen-bond acceptors (Lipinski definition) is 7. The Labute approximate surface area is 249 Å². The van der Waals surface area contributed by atoms with Gasteiger partial charge in [-0.2, -0.15) is 13.2 Å². The number of ether oxygens (including phenoxy) is 2. The normalized spacial score (nSPS) is 14.9. The standard InChI is InChI=1S/C18H17F4N3O2.C11H16O3.C2H6/c19-14-3-1-11(2-4-14)15-5-12(13-7-23-8-13)6-16(25-15)17(27,9-24-10-26)18(20,21)22;1-8-4-5-10(11(6-8)13-3)14-7-9(2)12;1-2/h1-6,10,13,23,27H,7-9H2,(H,24,26);4-6,9,12H,7H2,1-3H3;1-2H3. The summed E-state index contributed by atoms with van der Waals surface area (Å²) in [5.74, 6) is 0.854. The average Bonchev–Trinajstić information content (AvgIpc) is 2.95. The molecule has 1 aliphatic heterocycles. The van der Waals surface area contributed by atoms with Crippen molar-refractivity contribution >= 4 is 6.41 Å². The third kappa shape index (κ3) is 9.63. The number of rotatable bonds is 10. The van der Waals surface area contributed by atoms with E-state index in [-0.39, 0.29) is 24.6 Å². The van der Waals surface area contributed by atoms with E-state index >= 15 is 0 Å². The van der Waals surface area contributed by atoms with Crippen molar-refractivity contribution in [3.8, 4) is 22.8 Å². The van der Waals surface area contributed by atoms with Crippen LogP contribution in [0.15, 0.2) is 54.6 Å². The predicted molar refractivity (Wildman–Crippen MR) is 156 cm³/mol. The van der Waals surface area contributed by atoms with Crippen LogP contribution in [0.2, 0.25) is 0 Å². The van der Waals surface area contributed by atoms with Crippen LogP contribution in [0.5, 0.6) is 11.5 Å². The van der Waals surface area contributed by atoms with Gasteiger partial charge in [-0.3, -0.25) is 4.79 Å². The maximum atomic E-state index is 13.6. The van der Waals surface area contributed by atoms with Crippen molar-refractivity contribution in [2.24, 2.45) is 0 Å². The zero-order valence-electron chi connectivity index (χ0n) is 24.8. The van der Waals surface area contributed by atoms with Crippen LogP contribution in [0.4, 0.5) is 17.6 Å². The molecule has 1 aromatic heterocycles. The largest absolute Gasteiger partial charge is 0.493 e. The summed E-state index contributed by atoms with van der Waals surface area (Å²) in [7, 11) is 1.60. The number of nitrogens with one attached hydrogen (secondary N) is 2. The number of carbonyl (C=O) groups is 1. The Bertz CT molecular complexity index is 1300. The second-order valence-corrected chi connectivity index (χ2v) is 9.70. The monoisotopic (exact) mass is 609 g/mol. The number of aliphatic hydroxyl groups is 2. The maximum absolute atomic E-state index is 13.6. The van der Waals surface area contributed by atoms with Gasteiger partial charge in [0.1, 0.15) is 12.4 Å². The van der Waals surface area contributed by atoms with Crippen LogP contribution < -0.4 is 20.1 Å². The Morgan fingerprint density at radius 2 is 1.74 bits per heavy atom. The highest BCUT2D eigenvalue weighted by atomic mass is 19.4. The van der Waals surface area contributed by atoms with E-state index in [0.29, 0.717) is 35.7 Å². The van der Waals surface area contributed by atoms with Crippen molar-refractivity contribution < 1.29 is 42.0 Å². The zero-order chi connectivity index (χ0) is 32.2. The maximum Gasteiger partial charge on any atom is 0.424 e. The van der Waals surface area contributed by atoms with E-state index in [9.17, 15) is 27.5 Å². The molecule has 0 bridgehead atoms. The number of amides is 1.